The maximum absolute atomic E-state index is 2.88. The Bertz CT molecular complexity index is 1060. The molecule has 0 N–H and O–H groups in total. The van der Waals surface area contributed by atoms with Crippen molar-refractivity contribution < 1.29 is 0 Å². The van der Waals surface area contributed by atoms with Gasteiger partial charge in [-0.3, -0.25) is 0 Å². The fraction of sp³-hybridized carbons (Fsp3) is 0.810. The number of thioether (sulfide) groups is 2. The van der Waals surface area contributed by atoms with E-state index in [1.54, 1.807) is 46.2 Å². The number of hydrogen-bond donors (Lipinski definition) is 0. The second-order valence-electron chi connectivity index (χ2n) is 18.1. The summed E-state index contributed by atoms with van der Waals surface area (Å²) in [6.07, 6.45) is 16.9. The average molecular weight is 1010 g/mol. The molecule has 0 aliphatic rings. The topological polar surface area (TPSA) is 0 Å². The van der Waals surface area contributed by atoms with Crippen LogP contribution in [-0.2, 0) is 0 Å². The molecular formula is C42H82S4Si2Sn2. The predicted molar refractivity (Wildman–Crippen MR) is 254 cm³/mol. The van der Waals surface area contributed by atoms with E-state index in [0.29, 0.717) is 0 Å². The van der Waals surface area contributed by atoms with Crippen molar-refractivity contribution in [2.24, 2.45) is 0 Å². The van der Waals surface area contributed by atoms with E-state index in [1.807, 2.05) is 5.79 Å². The number of hydrogen-bond acceptors (Lipinski definition) is 4. The first kappa shape index (κ1) is 48.3. The average Bonchev–Trinajstić information content (AvgIpc) is 3.68. The van der Waals surface area contributed by atoms with Gasteiger partial charge in [0.2, 0.25) is 0 Å². The molecule has 2 heterocycles. The third-order valence-corrected chi connectivity index (χ3v) is 56.3. The molecule has 0 bridgehead atoms. The summed E-state index contributed by atoms with van der Waals surface area (Å²) in [5, 5.41) is 0. The van der Waals surface area contributed by atoms with Crippen molar-refractivity contribution in [3.63, 3.8) is 0 Å². The molecule has 0 aromatic carbocycles. The molecule has 2 aromatic heterocycles. The van der Waals surface area contributed by atoms with E-state index < -0.39 is 52.9 Å². The molecule has 0 amide bonds. The van der Waals surface area contributed by atoms with Gasteiger partial charge < -0.3 is 0 Å². The fourth-order valence-electron chi connectivity index (χ4n) is 7.32. The SMILES string of the molecule is CCC[CH2][Sn]([CH2]CCC)([CH2]CCC)[c]1cc(SCC[Si](C)(C)C)c(-c2s[c]([Sn]([CH2]CCC)([CH2]CCC)[CH2]CCC)cc2SCC[Si](C)(C)C)s1. The Morgan fingerprint density at radius 3 is 0.940 bits per heavy atom. The molecular weight excluding hydrogens is 926 g/mol. The van der Waals surface area contributed by atoms with Crippen LogP contribution in [0, 0.1) is 0 Å². The van der Waals surface area contributed by atoms with Crippen molar-refractivity contribution >= 4 is 105 Å². The minimum absolute atomic E-state index is 1.09. The van der Waals surface area contributed by atoms with Crippen molar-refractivity contribution in [3.8, 4) is 9.75 Å². The summed E-state index contributed by atoms with van der Waals surface area (Å²) >= 11 is 4.16. The van der Waals surface area contributed by atoms with Gasteiger partial charge in [-0.2, -0.15) is 0 Å². The molecule has 0 nitrogen and oxygen atoms in total. The van der Waals surface area contributed by atoms with Gasteiger partial charge in [0.1, 0.15) is 0 Å². The third-order valence-electron chi connectivity index (χ3n) is 10.9. The van der Waals surface area contributed by atoms with Crippen LogP contribution in [0.5, 0.6) is 0 Å². The second-order valence-corrected chi connectivity index (χ2v) is 62.1. The zero-order valence-corrected chi connectivity index (χ0v) is 46.3. The molecule has 0 saturated carbocycles. The van der Waals surface area contributed by atoms with Crippen molar-refractivity contribution in [1.29, 1.82) is 0 Å². The van der Waals surface area contributed by atoms with Crippen LogP contribution in [0.25, 0.3) is 9.75 Å². The Labute approximate surface area is 340 Å². The van der Waals surface area contributed by atoms with Gasteiger partial charge in [-0.25, -0.2) is 0 Å². The third kappa shape index (κ3) is 16.3. The molecule has 0 fully saturated rings. The van der Waals surface area contributed by atoms with Crippen LogP contribution in [0.2, 0.25) is 78.0 Å². The van der Waals surface area contributed by atoms with Gasteiger partial charge in [-0.1, -0.05) is 0 Å². The summed E-state index contributed by atoms with van der Waals surface area (Å²) in [5.41, 5.74) is 0. The van der Waals surface area contributed by atoms with Gasteiger partial charge in [0.25, 0.3) is 0 Å². The molecule has 0 aliphatic heterocycles. The number of rotatable bonds is 29. The zero-order chi connectivity index (χ0) is 37.3. The van der Waals surface area contributed by atoms with E-state index >= 15 is 0 Å². The Balaban J connectivity index is 2.89. The Hall–Kier alpha value is 2.13. The fourth-order valence-corrected chi connectivity index (χ4v) is 56.3. The monoisotopic (exact) mass is 1010 g/mol. The van der Waals surface area contributed by atoms with Crippen molar-refractivity contribution in [1.82, 2.24) is 0 Å². The van der Waals surface area contributed by atoms with E-state index in [9.17, 15) is 0 Å². The molecule has 2 aromatic rings. The van der Waals surface area contributed by atoms with Gasteiger partial charge in [-0.05, 0) is 0 Å². The summed E-state index contributed by atoms with van der Waals surface area (Å²) < 4.78 is 13.4. The van der Waals surface area contributed by atoms with Crippen LogP contribution in [0.3, 0.4) is 0 Å². The van der Waals surface area contributed by atoms with Crippen LogP contribution < -0.4 is 5.79 Å². The van der Waals surface area contributed by atoms with Crippen LogP contribution in [0.4, 0.5) is 0 Å². The summed E-state index contributed by atoms with van der Waals surface area (Å²) in [6.45, 7) is 30.1. The number of thiophene rings is 2. The van der Waals surface area contributed by atoms with E-state index in [4.69, 9.17) is 0 Å². The van der Waals surface area contributed by atoms with Crippen LogP contribution >= 0.6 is 46.2 Å². The maximum atomic E-state index is 2.88. The Morgan fingerprint density at radius 2 is 0.720 bits per heavy atom. The molecule has 0 spiro atoms. The molecule has 0 saturated heterocycles. The Morgan fingerprint density at radius 1 is 0.460 bits per heavy atom. The second kappa shape index (κ2) is 24.7. The van der Waals surface area contributed by atoms with E-state index in [-0.39, 0.29) is 0 Å². The minimum atomic E-state index is -2.56. The van der Waals surface area contributed by atoms with Gasteiger partial charge in [0, 0.05) is 0 Å². The first-order chi connectivity index (χ1) is 23.7. The van der Waals surface area contributed by atoms with E-state index in [1.165, 1.54) is 101 Å². The van der Waals surface area contributed by atoms with Gasteiger partial charge in [0.05, 0.1) is 0 Å². The molecule has 2 rings (SSSR count). The predicted octanol–water partition coefficient (Wildman–Crippen LogP) is 16.4. The van der Waals surface area contributed by atoms with Crippen molar-refractivity contribution in [3.05, 3.63) is 12.1 Å². The number of unbranched alkanes of at least 4 members (excludes halogenated alkanes) is 6. The summed E-state index contributed by atoms with van der Waals surface area (Å²) in [7, 11) is -2.18. The summed E-state index contributed by atoms with van der Waals surface area (Å²) in [5.74, 6) is 2.62. The summed E-state index contributed by atoms with van der Waals surface area (Å²) in [6, 6.07) is 8.61. The van der Waals surface area contributed by atoms with Crippen molar-refractivity contribution in [2.45, 2.75) is 206 Å². The zero-order valence-electron chi connectivity index (χ0n) is 35.3. The van der Waals surface area contributed by atoms with Crippen LogP contribution in [0.1, 0.15) is 119 Å². The molecule has 0 aliphatic carbocycles. The van der Waals surface area contributed by atoms with Gasteiger partial charge in [0.15, 0.2) is 0 Å². The normalized spacial score (nSPS) is 13.1. The van der Waals surface area contributed by atoms with Gasteiger partial charge >= 0.3 is 345 Å². The molecule has 0 unspecified atom stereocenters. The molecule has 290 valence electrons. The van der Waals surface area contributed by atoms with E-state index in [0.717, 1.165) is 0 Å². The Kier molecular flexibility index (Phi) is 23.8. The van der Waals surface area contributed by atoms with Crippen molar-refractivity contribution in [2.75, 3.05) is 11.5 Å². The molecule has 50 heavy (non-hydrogen) atoms. The van der Waals surface area contributed by atoms with E-state index in [2.05, 4.69) is 139 Å². The summed E-state index contributed by atoms with van der Waals surface area (Å²) in [4.78, 5) is 6.87. The quantitative estimate of drug-likeness (QED) is 0.0588. The molecule has 0 atom stereocenters. The first-order valence-corrected chi connectivity index (χ1v) is 47.3. The molecule has 0 radical (unpaired) electrons. The first-order valence-electron chi connectivity index (χ1n) is 21.3. The van der Waals surface area contributed by atoms with Crippen LogP contribution in [-0.4, -0.2) is 64.4 Å². The standard InChI is InChI=1S/C18H28S4Si2.6C4H9.2Sn/c1-23(2,3)13-11-19-15-7-9-21-17(15)18-16(8-10-22-18)20-12-14-24(4,5)6;6*1-3-4-2;;/h7-8H,11-14H2,1-6H3;6*1,3-4H2,2H3;;. The van der Waals surface area contributed by atoms with Gasteiger partial charge in [-0.15, -0.1) is 0 Å². The van der Waals surface area contributed by atoms with Crippen LogP contribution in [0.15, 0.2) is 21.9 Å². The molecule has 8 heteroatoms.